The smallest absolute Gasteiger partial charge is 0.305 e. The highest BCUT2D eigenvalue weighted by molar-refractivity contribution is 7.99. The van der Waals surface area contributed by atoms with Gasteiger partial charge in [-0.15, -0.1) is 5.10 Å². The molecule has 0 aromatic carbocycles. The lowest BCUT2D eigenvalue weighted by Crippen LogP contribution is -2.03. The van der Waals surface area contributed by atoms with Crippen LogP contribution in [-0.2, 0) is 9.53 Å². The number of nitrogens with zero attached hydrogens (tertiary/aromatic N) is 4. The lowest BCUT2D eigenvalue weighted by molar-refractivity contribution is -0.143. The average molecular weight is 294 g/mol. The van der Waals surface area contributed by atoms with Crippen LogP contribution in [0.1, 0.15) is 31.2 Å². The fraction of sp³-hybridized carbons (Fsp3) is 0.538. The maximum atomic E-state index is 11.2. The Kier molecular flexibility index (Phi) is 4.94. The molecule has 108 valence electrons. The van der Waals surface area contributed by atoms with Gasteiger partial charge in [0.15, 0.2) is 0 Å². The van der Waals surface area contributed by atoms with Gasteiger partial charge in [-0.25, -0.2) is 9.50 Å². The molecule has 0 aliphatic carbocycles. The predicted octanol–water partition coefficient (Wildman–Crippen LogP) is 2.18. The van der Waals surface area contributed by atoms with E-state index in [1.54, 1.807) is 4.52 Å². The number of ether oxygens (including phenoxy) is 1. The fourth-order valence-corrected chi connectivity index (χ4v) is 2.58. The third-order valence-corrected chi connectivity index (χ3v) is 3.58. The Morgan fingerprint density at radius 2 is 2.20 bits per heavy atom. The first kappa shape index (κ1) is 14.8. The molecule has 0 amide bonds. The van der Waals surface area contributed by atoms with Gasteiger partial charge in [0.1, 0.15) is 0 Å². The number of rotatable bonds is 6. The molecule has 0 fully saturated rings. The minimum Gasteiger partial charge on any atom is -0.466 e. The first-order valence-electron chi connectivity index (χ1n) is 6.59. The largest absolute Gasteiger partial charge is 0.466 e. The minimum atomic E-state index is -0.149. The summed E-state index contributed by atoms with van der Waals surface area (Å²) in [4.78, 5) is 19.9. The maximum absolute atomic E-state index is 11.2. The number of aromatic nitrogens is 4. The van der Waals surface area contributed by atoms with Crippen molar-refractivity contribution in [1.82, 2.24) is 19.6 Å². The van der Waals surface area contributed by atoms with Crippen LogP contribution < -0.4 is 0 Å². The van der Waals surface area contributed by atoms with Crippen molar-refractivity contribution in [3.63, 3.8) is 0 Å². The molecule has 0 N–H and O–H groups in total. The Balaban J connectivity index is 1.91. The molecule has 2 rings (SSSR count). The second kappa shape index (κ2) is 6.69. The number of aryl methyl sites for hydroxylation is 2. The molecule has 0 unspecified atom stereocenters. The van der Waals surface area contributed by atoms with Crippen LogP contribution in [0.4, 0.5) is 0 Å². The van der Waals surface area contributed by atoms with Gasteiger partial charge < -0.3 is 4.74 Å². The molecule has 7 heteroatoms. The van der Waals surface area contributed by atoms with Gasteiger partial charge in [0.25, 0.3) is 5.78 Å². The minimum absolute atomic E-state index is 0.149. The Labute approximate surface area is 121 Å². The van der Waals surface area contributed by atoms with E-state index in [0.717, 1.165) is 23.6 Å². The SMILES string of the molecule is CCOC(=O)CCCSc1nc2nc(C)cc(C)n2n1. The van der Waals surface area contributed by atoms with Gasteiger partial charge >= 0.3 is 5.97 Å². The molecule has 0 radical (unpaired) electrons. The van der Waals surface area contributed by atoms with E-state index >= 15 is 0 Å². The summed E-state index contributed by atoms with van der Waals surface area (Å²) in [5, 5.41) is 5.09. The molecule has 0 atom stereocenters. The van der Waals surface area contributed by atoms with Gasteiger partial charge in [-0.3, -0.25) is 4.79 Å². The van der Waals surface area contributed by atoms with Gasteiger partial charge in [-0.1, -0.05) is 11.8 Å². The second-order valence-electron chi connectivity index (χ2n) is 4.40. The van der Waals surface area contributed by atoms with E-state index in [0.29, 0.717) is 24.0 Å². The van der Waals surface area contributed by atoms with Gasteiger partial charge in [0, 0.05) is 23.6 Å². The van der Waals surface area contributed by atoms with Crippen molar-refractivity contribution < 1.29 is 9.53 Å². The van der Waals surface area contributed by atoms with E-state index in [9.17, 15) is 4.79 Å². The molecule has 0 saturated heterocycles. The molecular weight excluding hydrogens is 276 g/mol. The van der Waals surface area contributed by atoms with Crippen molar-refractivity contribution in [2.24, 2.45) is 0 Å². The van der Waals surface area contributed by atoms with Crippen LogP contribution in [0, 0.1) is 13.8 Å². The van der Waals surface area contributed by atoms with Crippen LogP contribution in [0.5, 0.6) is 0 Å². The summed E-state index contributed by atoms with van der Waals surface area (Å²) in [7, 11) is 0. The Morgan fingerprint density at radius 3 is 2.95 bits per heavy atom. The molecule has 2 aromatic rings. The number of carbonyl (C=O) groups is 1. The Bertz CT molecular complexity index is 612. The molecule has 0 spiro atoms. The van der Waals surface area contributed by atoms with Crippen LogP contribution >= 0.6 is 11.8 Å². The quantitative estimate of drug-likeness (QED) is 0.462. The van der Waals surface area contributed by atoms with E-state index in [2.05, 4.69) is 15.1 Å². The highest BCUT2D eigenvalue weighted by Gasteiger charge is 2.08. The molecule has 0 bridgehead atoms. The van der Waals surface area contributed by atoms with Crippen LogP contribution in [0.2, 0.25) is 0 Å². The summed E-state index contributed by atoms with van der Waals surface area (Å²) in [6, 6.07) is 1.97. The molecule has 0 aliphatic heterocycles. The molecule has 0 aliphatic rings. The third kappa shape index (κ3) is 3.69. The summed E-state index contributed by atoms with van der Waals surface area (Å²) in [5.74, 6) is 1.26. The topological polar surface area (TPSA) is 69.4 Å². The normalized spacial score (nSPS) is 10.9. The zero-order valence-corrected chi connectivity index (χ0v) is 12.7. The lowest BCUT2D eigenvalue weighted by Gasteiger charge is -2.00. The van der Waals surface area contributed by atoms with Gasteiger partial charge in [0.05, 0.1) is 6.61 Å². The van der Waals surface area contributed by atoms with Crippen molar-refractivity contribution in [2.45, 2.75) is 38.8 Å². The number of thioether (sulfide) groups is 1. The number of fused-ring (bicyclic) bond motifs is 1. The predicted molar refractivity (Wildman–Crippen MR) is 76.8 cm³/mol. The van der Waals surface area contributed by atoms with E-state index in [1.165, 1.54) is 11.8 Å². The van der Waals surface area contributed by atoms with Crippen molar-refractivity contribution in [3.05, 3.63) is 17.5 Å². The van der Waals surface area contributed by atoms with Crippen molar-refractivity contribution in [1.29, 1.82) is 0 Å². The monoisotopic (exact) mass is 294 g/mol. The van der Waals surface area contributed by atoms with E-state index in [1.807, 2.05) is 26.8 Å². The molecule has 2 aromatic heterocycles. The molecule has 20 heavy (non-hydrogen) atoms. The van der Waals surface area contributed by atoms with Crippen LogP contribution in [-0.4, -0.2) is 37.9 Å². The Hall–Kier alpha value is -1.63. The standard InChI is InChI=1S/C13H18N4O2S/c1-4-19-11(18)6-5-7-20-13-15-12-14-9(2)8-10(3)17(12)16-13/h8H,4-7H2,1-3H3. The van der Waals surface area contributed by atoms with Gasteiger partial charge in [-0.05, 0) is 33.3 Å². The molecule has 2 heterocycles. The van der Waals surface area contributed by atoms with Crippen LogP contribution in [0.3, 0.4) is 0 Å². The van der Waals surface area contributed by atoms with Crippen molar-refractivity contribution in [2.75, 3.05) is 12.4 Å². The maximum Gasteiger partial charge on any atom is 0.305 e. The van der Waals surface area contributed by atoms with Crippen molar-refractivity contribution >= 4 is 23.5 Å². The number of carbonyl (C=O) groups excluding carboxylic acids is 1. The number of esters is 1. The zero-order valence-electron chi connectivity index (χ0n) is 11.9. The van der Waals surface area contributed by atoms with Gasteiger partial charge in [-0.2, -0.15) is 4.98 Å². The number of hydrogen-bond donors (Lipinski definition) is 0. The average Bonchev–Trinajstić information content (AvgIpc) is 2.78. The summed E-state index contributed by atoms with van der Waals surface area (Å²) in [6.45, 7) is 6.16. The first-order chi connectivity index (χ1) is 9.60. The summed E-state index contributed by atoms with van der Waals surface area (Å²) in [5.41, 5.74) is 1.94. The summed E-state index contributed by atoms with van der Waals surface area (Å²) < 4.78 is 6.61. The van der Waals surface area contributed by atoms with E-state index in [4.69, 9.17) is 4.74 Å². The lowest BCUT2D eigenvalue weighted by atomic mass is 10.3. The van der Waals surface area contributed by atoms with E-state index in [-0.39, 0.29) is 5.97 Å². The zero-order chi connectivity index (χ0) is 14.5. The summed E-state index contributed by atoms with van der Waals surface area (Å²) in [6.07, 6.45) is 1.19. The molecule has 0 saturated carbocycles. The number of hydrogen-bond acceptors (Lipinski definition) is 6. The van der Waals surface area contributed by atoms with E-state index < -0.39 is 0 Å². The first-order valence-corrected chi connectivity index (χ1v) is 7.58. The van der Waals surface area contributed by atoms with Gasteiger partial charge in [0.2, 0.25) is 5.16 Å². The highest BCUT2D eigenvalue weighted by Crippen LogP contribution is 2.16. The van der Waals surface area contributed by atoms with Crippen molar-refractivity contribution in [3.8, 4) is 0 Å². The Morgan fingerprint density at radius 1 is 1.40 bits per heavy atom. The second-order valence-corrected chi connectivity index (χ2v) is 5.46. The van der Waals surface area contributed by atoms with Crippen LogP contribution in [0.15, 0.2) is 11.2 Å². The highest BCUT2D eigenvalue weighted by atomic mass is 32.2. The third-order valence-electron chi connectivity index (χ3n) is 2.66. The molecular formula is C13H18N4O2S. The van der Waals surface area contributed by atoms with Crippen LogP contribution in [0.25, 0.3) is 5.78 Å². The summed E-state index contributed by atoms with van der Waals surface area (Å²) >= 11 is 1.53. The molecule has 6 nitrogen and oxygen atoms in total. The fourth-order valence-electron chi connectivity index (χ4n) is 1.82.